The van der Waals surface area contributed by atoms with E-state index in [1.807, 2.05) is 48.5 Å². The number of rotatable bonds is 7. The molecule has 0 radical (unpaired) electrons. The van der Waals surface area contributed by atoms with Gasteiger partial charge in [0, 0.05) is 45.1 Å². The Bertz CT molecular complexity index is 729. The Morgan fingerprint density at radius 1 is 1.35 bits per heavy atom. The Balaban J connectivity index is 1.75. The molecule has 2 aromatic rings. The van der Waals surface area contributed by atoms with Crippen LogP contribution < -0.4 is 4.74 Å². The Kier molecular flexibility index (Phi) is 6.28. The molecule has 1 aromatic carbocycles. The zero-order chi connectivity index (χ0) is 18.4. The summed E-state index contributed by atoms with van der Waals surface area (Å²) in [5.41, 5.74) is 0.637. The van der Waals surface area contributed by atoms with Gasteiger partial charge in [-0.1, -0.05) is 12.1 Å². The summed E-state index contributed by atoms with van der Waals surface area (Å²) in [6.45, 7) is 5.36. The van der Waals surface area contributed by atoms with Crippen molar-refractivity contribution in [3.8, 4) is 5.75 Å². The van der Waals surface area contributed by atoms with E-state index in [1.54, 1.807) is 7.11 Å². The quantitative estimate of drug-likeness (QED) is 0.764. The predicted molar refractivity (Wildman–Crippen MR) is 99.6 cm³/mol. The summed E-state index contributed by atoms with van der Waals surface area (Å²) >= 11 is 0. The van der Waals surface area contributed by atoms with E-state index < -0.39 is 0 Å². The SMILES string of the molecule is CCOc1ccccc1C(=O)N1CCC[C@@H](c2nccn2CCOC)C1. The maximum absolute atomic E-state index is 13.1. The van der Waals surface area contributed by atoms with Crippen molar-refractivity contribution < 1.29 is 14.3 Å². The van der Waals surface area contributed by atoms with Gasteiger partial charge in [-0.15, -0.1) is 0 Å². The highest BCUT2D eigenvalue weighted by Gasteiger charge is 2.29. The molecule has 3 rings (SSSR count). The first-order valence-corrected chi connectivity index (χ1v) is 9.25. The van der Waals surface area contributed by atoms with Crippen LogP contribution in [0.4, 0.5) is 0 Å². The van der Waals surface area contributed by atoms with Gasteiger partial charge in [-0.05, 0) is 31.9 Å². The number of ether oxygens (including phenoxy) is 2. The lowest BCUT2D eigenvalue weighted by atomic mass is 9.96. The van der Waals surface area contributed by atoms with Crippen LogP contribution in [0.25, 0.3) is 0 Å². The number of nitrogens with zero attached hydrogens (tertiary/aromatic N) is 3. The van der Waals surface area contributed by atoms with Gasteiger partial charge in [0.15, 0.2) is 0 Å². The number of carbonyl (C=O) groups excluding carboxylic acids is 1. The lowest BCUT2D eigenvalue weighted by Gasteiger charge is -2.33. The van der Waals surface area contributed by atoms with Crippen LogP contribution in [0.5, 0.6) is 5.75 Å². The molecule has 1 fully saturated rings. The van der Waals surface area contributed by atoms with Gasteiger partial charge >= 0.3 is 0 Å². The van der Waals surface area contributed by atoms with E-state index in [2.05, 4.69) is 9.55 Å². The molecular formula is C20H27N3O3. The molecular weight excluding hydrogens is 330 g/mol. The number of hydrogen-bond acceptors (Lipinski definition) is 4. The second-order valence-electron chi connectivity index (χ2n) is 6.49. The zero-order valence-electron chi connectivity index (χ0n) is 15.6. The van der Waals surface area contributed by atoms with E-state index >= 15 is 0 Å². The van der Waals surface area contributed by atoms with Crippen LogP contribution in [-0.4, -0.2) is 53.8 Å². The van der Waals surface area contributed by atoms with E-state index in [0.717, 1.165) is 31.8 Å². The van der Waals surface area contributed by atoms with Gasteiger partial charge in [0.2, 0.25) is 0 Å². The smallest absolute Gasteiger partial charge is 0.257 e. The molecule has 1 atom stereocenters. The monoisotopic (exact) mass is 357 g/mol. The average molecular weight is 357 g/mol. The molecule has 1 aliphatic heterocycles. The normalized spacial score (nSPS) is 17.3. The minimum Gasteiger partial charge on any atom is -0.493 e. The third-order valence-electron chi connectivity index (χ3n) is 4.78. The van der Waals surface area contributed by atoms with Gasteiger partial charge in [-0.2, -0.15) is 0 Å². The summed E-state index contributed by atoms with van der Waals surface area (Å²) in [4.78, 5) is 19.5. The van der Waals surface area contributed by atoms with Gasteiger partial charge in [0.1, 0.15) is 11.6 Å². The Labute approximate surface area is 154 Å². The molecule has 26 heavy (non-hydrogen) atoms. The average Bonchev–Trinajstić information content (AvgIpc) is 3.15. The van der Waals surface area contributed by atoms with Crippen LogP contribution in [-0.2, 0) is 11.3 Å². The number of para-hydroxylation sites is 1. The number of imidazole rings is 1. The number of benzene rings is 1. The molecule has 1 aromatic heterocycles. The van der Waals surface area contributed by atoms with E-state index in [9.17, 15) is 4.79 Å². The van der Waals surface area contributed by atoms with Crippen LogP contribution in [0, 0.1) is 0 Å². The van der Waals surface area contributed by atoms with Crippen LogP contribution in [0.15, 0.2) is 36.7 Å². The summed E-state index contributed by atoms with van der Waals surface area (Å²) in [5, 5.41) is 0. The molecule has 1 aliphatic rings. The summed E-state index contributed by atoms with van der Waals surface area (Å²) in [5.74, 6) is 1.98. The number of amides is 1. The fourth-order valence-corrected chi connectivity index (χ4v) is 3.53. The van der Waals surface area contributed by atoms with Gasteiger partial charge in [0.05, 0.1) is 18.8 Å². The first-order chi connectivity index (χ1) is 12.7. The van der Waals surface area contributed by atoms with Gasteiger partial charge in [-0.25, -0.2) is 4.98 Å². The molecule has 0 spiro atoms. The highest BCUT2D eigenvalue weighted by Crippen LogP contribution is 2.28. The first kappa shape index (κ1) is 18.5. The second kappa shape index (κ2) is 8.85. The molecule has 6 heteroatoms. The Morgan fingerprint density at radius 2 is 2.19 bits per heavy atom. The number of carbonyl (C=O) groups is 1. The Hall–Kier alpha value is -2.34. The molecule has 0 unspecified atom stereocenters. The molecule has 6 nitrogen and oxygen atoms in total. The Morgan fingerprint density at radius 3 is 3.00 bits per heavy atom. The summed E-state index contributed by atoms with van der Waals surface area (Å²) < 4.78 is 13.0. The largest absolute Gasteiger partial charge is 0.493 e. The number of hydrogen-bond donors (Lipinski definition) is 0. The maximum atomic E-state index is 13.1. The standard InChI is InChI=1S/C20H27N3O3/c1-3-26-18-9-5-4-8-17(18)20(24)23-11-6-7-16(15-23)19-21-10-12-22(19)13-14-25-2/h4-5,8-10,12,16H,3,6-7,11,13-15H2,1-2H3/t16-/m1/s1. The second-order valence-corrected chi connectivity index (χ2v) is 6.49. The highest BCUT2D eigenvalue weighted by atomic mass is 16.5. The maximum Gasteiger partial charge on any atom is 0.257 e. The lowest BCUT2D eigenvalue weighted by Crippen LogP contribution is -2.40. The summed E-state index contributed by atoms with van der Waals surface area (Å²) in [6.07, 6.45) is 5.83. The van der Waals surface area contributed by atoms with E-state index in [1.165, 1.54) is 0 Å². The number of methoxy groups -OCH3 is 1. The number of piperidine rings is 1. The zero-order valence-corrected chi connectivity index (χ0v) is 15.6. The molecule has 0 N–H and O–H groups in total. The van der Waals surface area contributed by atoms with Crippen LogP contribution >= 0.6 is 0 Å². The molecule has 1 amide bonds. The van der Waals surface area contributed by atoms with Gasteiger partial charge in [0.25, 0.3) is 5.91 Å². The summed E-state index contributed by atoms with van der Waals surface area (Å²) in [7, 11) is 1.70. The third-order valence-corrected chi connectivity index (χ3v) is 4.78. The fourth-order valence-electron chi connectivity index (χ4n) is 3.53. The van der Waals surface area contributed by atoms with Crippen LogP contribution in [0.2, 0.25) is 0 Å². The van der Waals surface area contributed by atoms with Crippen molar-refractivity contribution in [3.63, 3.8) is 0 Å². The van der Waals surface area contributed by atoms with Crippen molar-refractivity contribution in [1.29, 1.82) is 0 Å². The lowest BCUT2D eigenvalue weighted by molar-refractivity contribution is 0.0698. The highest BCUT2D eigenvalue weighted by molar-refractivity contribution is 5.97. The van der Waals surface area contributed by atoms with Crippen molar-refractivity contribution in [1.82, 2.24) is 14.5 Å². The third kappa shape index (κ3) is 4.07. The van der Waals surface area contributed by atoms with Crippen molar-refractivity contribution in [2.45, 2.75) is 32.2 Å². The van der Waals surface area contributed by atoms with Gasteiger partial charge in [-0.3, -0.25) is 4.79 Å². The molecule has 1 saturated heterocycles. The number of likely N-dealkylation sites (tertiary alicyclic amines) is 1. The van der Waals surface area contributed by atoms with E-state index in [4.69, 9.17) is 9.47 Å². The van der Waals surface area contributed by atoms with Crippen LogP contribution in [0.1, 0.15) is 41.9 Å². The molecule has 0 saturated carbocycles. The van der Waals surface area contributed by atoms with E-state index in [-0.39, 0.29) is 11.8 Å². The summed E-state index contributed by atoms with van der Waals surface area (Å²) in [6, 6.07) is 7.48. The molecule has 140 valence electrons. The first-order valence-electron chi connectivity index (χ1n) is 9.25. The molecule has 2 heterocycles. The molecule has 0 bridgehead atoms. The number of aromatic nitrogens is 2. The van der Waals surface area contributed by atoms with Crippen molar-refractivity contribution in [3.05, 3.63) is 48.0 Å². The van der Waals surface area contributed by atoms with E-state index in [0.29, 0.717) is 31.1 Å². The van der Waals surface area contributed by atoms with Gasteiger partial charge < -0.3 is 18.9 Å². The minimum atomic E-state index is 0.0359. The predicted octanol–water partition coefficient (Wildman–Crippen LogP) is 2.95. The molecule has 0 aliphatic carbocycles. The van der Waals surface area contributed by atoms with Crippen molar-refractivity contribution in [2.24, 2.45) is 0 Å². The van der Waals surface area contributed by atoms with Crippen LogP contribution in [0.3, 0.4) is 0 Å². The topological polar surface area (TPSA) is 56.6 Å². The van der Waals surface area contributed by atoms with Crippen molar-refractivity contribution in [2.75, 3.05) is 33.4 Å². The van der Waals surface area contributed by atoms with Crippen molar-refractivity contribution >= 4 is 5.91 Å². The minimum absolute atomic E-state index is 0.0359. The fraction of sp³-hybridized carbons (Fsp3) is 0.500.